The molecule has 0 saturated heterocycles. The molecule has 0 spiro atoms. The molecule has 7 heteroatoms. The van der Waals surface area contributed by atoms with Crippen LogP contribution in [0.4, 0.5) is 0 Å². The maximum Gasteiger partial charge on any atom is 0.347 e. The van der Waals surface area contributed by atoms with Gasteiger partial charge in [-0.25, -0.2) is 4.79 Å². The van der Waals surface area contributed by atoms with Gasteiger partial charge < -0.3 is 19.5 Å². The maximum absolute atomic E-state index is 12.7. The summed E-state index contributed by atoms with van der Waals surface area (Å²) in [4.78, 5) is 14.1. The van der Waals surface area contributed by atoms with Gasteiger partial charge in [0.2, 0.25) is 0 Å². The molecule has 5 nitrogen and oxygen atoms in total. The summed E-state index contributed by atoms with van der Waals surface area (Å²) >= 11 is 7.37. The fourth-order valence-corrected chi connectivity index (χ4v) is 3.96. The molecule has 0 atom stereocenters. The minimum atomic E-state index is -0.373. The molecule has 0 radical (unpaired) electrons. The highest BCUT2D eigenvalue weighted by Crippen LogP contribution is 2.42. The van der Waals surface area contributed by atoms with Crippen LogP contribution < -0.4 is 14.8 Å². The Morgan fingerprint density at radius 1 is 1.15 bits per heavy atom. The second-order valence-corrected chi connectivity index (χ2v) is 7.19. The first kappa shape index (κ1) is 19.5. The van der Waals surface area contributed by atoms with Crippen LogP contribution in [0.2, 0.25) is 5.02 Å². The fourth-order valence-electron chi connectivity index (χ4n) is 2.75. The third-order valence-electron chi connectivity index (χ3n) is 4.06. The normalized spacial score (nSPS) is 13.3. The van der Waals surface area contributed by atoms with Crippen LogP contribution in [0.15, 0.2) is 46.2 Å². The van der Waals surface area contributed by atoms with E-state index in [4.69, 9.17) is 25.8 Å². The summed E-state index contributed by atoms with van der Waals surface area (Å²) in [5, 5.41) is 4.01. The van der Waals surface area contributed by atoms with E-state index in [0.717, 1.165) is 16.0 Å². The van der Waals surface area contributed by atoms with Gasteiger partial charge in [0.25, 0.3) is 0 Å². The van der Waals surface area contributed by atoms with Gasteiger partial charge in [0.05, 0.1) is 26.5 Å². The van der Waals surface area contributed by atoms with Crippen molar-refractivity contribution in [2.45, 2.75) is 18.4 Å². The molecule has 1 heterocycles. The highest BCUT2D eigenvalue weighted by atomic mass is 35.5. The zero-order chi connectivity index (χ0) is 19.4. The molecule has 0 unspecified atom stereocenters. The summed E-state index contributed by atoms with van der Waals surface area (Å²) < 4.78 is 16.1. The number of rotatable bonds is 5. The number of methoxy groups -OCH3 is 2. The van der Waals surface area contributed by atoms with Crippen molar-refractivity contribution >= 4 is 35.0 Å². The van der Waals surface area contributed by atoms with E-state index < -0.39 is 0 Å². The Balaban J connectivity index is 2.09. The van der Waals surface area contributed by atoms with Crippen molar-refractivity contribution in [3.8, 4) is 11.5 Å². The number of hydrogen-bond acceptors (Lipinski definition) is 6. The van der Waals surface area contributed by atoms with Gasteiger partial charge in [-0.05, 0) is 42.3 Å². The third-order valence-corrected chi connectivity index (χ3v) is 5.48. The molecule has 2 aromatic carbocycles. The van der Waals surface area contributed by atoms with E-state index in [9.17, 15) is 4.79 Å². The van der Waals surface area contributed by atoms with Crippen LogP contribution in [0.5, 0.6) is 11.5 Å². The van der Waals surface area contributed by atoms with E-state index in [0.29, 0.717) is 40.3 Å². The number of thioether (sulfide) groups is 1. The molecule has 0 saturated carbocycles. The number of nitrogens with one attached hydrogen (secondary N) is 1. The smallest absolute Gasteiger partial charge is 0.347 e. The van der Waals surface area contributed by atoms with Crippen LogP contribution in [0.1, 0.15) is 18.1 Å². The number of carbonyl (C=O) groups is 1. The second-order valence-electron chi connectivity index (χ2n) is 5.70. The third kappa shape index (κ3) is 4.17. The number of hydrogen-bond donors (Lipinski definition) is 1. The van der Waals surface area contributed by atoms with Gasteiger partial charge >= 0.3 is 5.97 Å². The number of benzene rings is 2. The Labute approximate surface area is 167 Å². The number of esters is 1. The lowest BCUT2D eigenvalue weighted by molar-refractivity contribution is -0.137. The lowest BCUT2D eigenvalue weighted by atomic mass is 10.1. The average molecular weight is 406 g/mol. The van der Waals surface area contributed by atoms with Crippen molar-refractivity contribution < 1.29 is 19.0 Å². The van der Waals surface area contributed by atoms with Gasteiger partial charge in [-0.3, -0.25) is 0 Å². The lowest BCUT2D eigenvalue weighted by Gasteiger charge is -2.13. The minimum Gasteiger partial charge on any atom is -0.493 e. The van der Waals surface area contributed by atoms with Crippen LogP contribution in [0.3, 0.4) is 0 Å². The van der Waals surface area contributed by atoms with Gasteiger partial charge in [0, 0.05) is 16.5 Å². The summed E-state index contributed by atoms with van der Waals surface area (Å²) in [5.74, 6) is 0.885. The van der Waals surface area contributed by atoms with Crippen molar-refractivity contribution in [3.63, 3.8) is 0 Å². The van der Waals surface area contributed by atoms with E-state index in [2.05, 4.69) is 5.32 Å². The molecule has 1 N–H and O–H groups in total. The van der Waals surface area contributed by atoms with Crippen LogP contribution in [-0.4, -0.2) is 26.8 Å². The van der Waals surface area contributed by atoms with Crippen LogP contribution in [0, 0.1) is 0 Å². The van der Waals surface area contributed by atoms with Crippen molar-refractivity contribution in [2.24, 2.45) is 0 Å². The largest absolute Gasteiger partial charge is 0.493 e. The highest BCUT2D eigenvalue weighted by Gasteiger charge is 2.25. The van der Waals surface area contributed by atoms with Crippen molar-refractivity contribution in [2.75, 3.05) is 20.8 Å². The van der Waals surface area contributed by atoms with Crippen LogP contribution >= 0.6 is 23.4 Å². The second kappa shape index (κ2) is 8.59. The summed E-state index contributed by atoms with van der Waals surface area (Å²) in [6.07, 6.45) is 0. The van der Waals surface area contributed by atoms with E-state index in [1.807, 2.05) is 24.3 Å². The molecule has 0 fully saturated rings. The summed E-state index contributed by atoms with van der Waals surface area (Å²) in [6.45, 7) is 2.62. The van der Waals surface area contributed by atoms with Crippen molar-refractivity contribution in [1.29, 1.82) is 0 Å². The fraction of sp³-hybridized carbons (Fsp3) is 0.250. The monoisotopic (exact) mass is 405 g/mol. The molecule has 0 aliphatic carbocycles. The Hall–Kier alpha value is -2.31. The van der Waals surface area contributed by atoms with Gasteiger partial charge in [-0.1, -0.05) is 35.5 Å². The Kier molecular flexibility index (Phi) is 6.19. The molecule has 27 heavy (non-hydrogen) atoms. The van der Waals surface area contributed by atoms with Crippen molar-refractivity contribution in [1.82, 2.24) is 5.32 Å². The molecule has 0 aromatic heterocycles. The van der Waals surface area contributed by atoms with Gasteiger partial charge in [0.15, 0.2) is 11.5 Å². The summed E-state index contributed by atoms with van der Waals surface area (Å²) in [6, 6.07) is 11.1. The lowest BCUT2D eigenvalue weighted by Crippen LogP contribution is -2.16. The molecule has 2 aromatic rings. The summed E-state index contributed by atoms with van der Waals surface area (Å²) in [7, 11) is 3.19. The number of halogens is 1. The van der Waals surface area contributed by atoms with Gasteiger partial charge in [0.1, 0.15) is 4.91 Å². The van der Waals surface area contributed by atoms with E-state index in [-0.39, 0.29) is 5.97 Å². The number of ether oxygens (including phenoxy) is 3. The Morgan fingerprint density at radius 3 is 2.44 bits per heavy atom. The molecular weight excluding hydrogens is 386 g/mol. The number of fused-ring (bicyclic) bond motifs is 1. The molecular formula is C20H20ClNO4S. The topological polar surface area (TPSA) is 56.8 Å². The van der Waals surface area contributed by atoms with Crippen LogP contribution in [-0.2, 0) is 16.1 Å². The van der Waals surface area contributed by atoms with E-state index in [1.165, 1.54) is 11.8 Å². The highest BCUT2D eigenvalue weighted by molar-refractivity contribution is 8.04. The zero-order valence-electron chi connectivity index (χ0n) is 15.3. The first-order valence-electron chi connectivity index (χ1n) is 8.41. The van der Waals surface area contributed by atoms with E-state index >= 15 is 0 Å². The predicted octanol–water partition coefficient (Wildman–Crippen LogP) is 4.48. The predicted molar refractivity (Wildman–Crippen MR) is 107 cm³/mol. The molecule has 0 amide bonds. The molecule has 142 valence electrons. The van der Waals surface area contributed by atoms with Gasteiger partial charge in [-0.2, -0.15) is 0 Å². The Bertz CT molecular complexity index is 880. The SMILES string of the molecule is CCOC(=O)C1=C(c2ccc(Cl)cc2)NCc2cc(OC)c(OC)cc2S1. The maximum atomic E-state index is 12.7. The van der Waals surface area contributed by atoms with Crippen molar-refractivity contribution in [3.05, 3.63) is 57.5 Å². The first-order chi connectivity index (χ1) is 13.1. The van der Waals surface area contributed by atoms with Gasteiger partial charge in [-0.15, -0.1) is 0 Å². The summed E-state index contributed by atoms with van der Waals surface area (Å²) in [5.41, 5.74) is 2.58. The number of carbonyl (C=O) groups excluding carboxylic acids is 1. The molecule has 0 bridgehead atoms. The van der Waals surface area contributed by atoms with E-state index in [1.54, 1.807) is 33.3 Å². The standard InChI is InChI=1S/C20H20ClNO4S/c1-4-26-20(23)19-18(12-5-7-14(21)8-6-12)22-11-13-9-15(24-2)16(25-3)10-17(13)27-19/h5-10,22H,4,11H2,1-3H3. The quantitative estimate of drug-likeness (QED) is 0.740. The minimum absolute atomic E-state index is 0.301. The first-order valence-corrected chi connectivity index (χ1v) is 9.60. The average Bonchev–Trinajstić information content (AvgIpc) is 2.87. The molecule has 1 aliphatic rings. The zero-order valence-corrected chi connectivity index (χ0v) is 16.9. The Morgan fingerprint density at radius 2 is 1.81 bits per heavy atom. The van der Waals surface area contributed by atoms with Crippen LogP contribution in [0.25, 0.3) is 5.70 Å². The molecule has 3 rings (SSSR count). The molecule has 1 aliphatic heterocycles.